The van der Waals surface area contributed by atoms with Gasteiger partial charge in [0.25, 0.3) is 5.56 Å². The van der Waals surface area contributed by atoms with Crippen LogP contribution in [0.2, 0.25) is 0 Å². The molecule has 1 aromatic heterocycles. The van der Waals surface area contributed by atoms with Crippen LogP contribution in [-0.2, 0) is 4.79 Å². The highest BCUT2D eigenvalue weighted by Gasteiger charge is 2.16. The van der Waals surface area contributed by atoms with Crippen LogP contribution in [-0.4, -0.2) is 21.1 Å². The van der Waals surface area contributed by atoms with Gasteiger partial charge in [-0.25, -0.2) is 4.98 Å². The van der Waals surface area contributed by atoms with Crippen molar-refractivity contribution in [3.8, 4) is 0 Å². The number of benzene rings is 2. The summed E-state index contributed by atoms with van der Waals surface area (Å²) in [4.78, 5) is 31.5. The van der Waals surface area contributed by atoms with Gasteiger partial charge >= 0.3 is 0 Å². The topological polar surface area (TPSA) is 74.8 Å². The number of H-pyrrole nitrogens is 1. The third-order valence-electron chi connectivity index (χ3n) is 3.36. The van der Waals surface area contributed by atoms with Gasteiger partial charge in [-0.2, -0.15) is 0 Å². The predicted octanol–water partition coefficient (Wildman–Crippen LogP) is 3.80. The molecule has 1 amide bonds. The Morgan fingerprint density at radius 3 is 2.67 bits per heavy atom. The van der Waals surface area contributed by atoms with Crippen LogP contribution in [0.5, 0.6) is 0 Å². The van der Waals surface area contributed by atoms with Gasteiger partial charge < -0.3 is 10.3 Å². The smallest absolute Gasteiger partial charge is 0.259 e. The monoisotopic (exact) mass is 403 g/mol. The lowest BCUT2D eigenvalue weighted by molar-refractivity contribution is -0.115. The molecule has 0 saturated carbocycles. The molecule has 1 heterocycles. The van der Waals surface area contributed by atoms with Gasteiger partial charge in [0.2, 0.25) is 5.91 Å². The molecule has 0 bridgehead atoms. The SMILES string of the molecule is CC(Sc1nc2ccccc2c(=O)[nH]1)C(=O)Nc1ccc(Br)cc1. The summed E-state index contributed by atoms with van der Waals surface area (Å²) in [5, 5.41) is 3.40. The van der Waals surface area contributed by atoms with Gasteiger partial charge in [0.1, 0.15) is 0 Å². The molecule has 0 fully saturated rings. The van der Waals surface area contributed by atoms with E-state index in [-0.39, 0.29) is 11.5 Å². The fourth-order valence-corrected chi connectivity index (χ4v) is 3.19. The first kappa shape index (κ1) is 16.7. The van der Waals surface area contributed by atoms with Crippen LogP contribution >= 0.6 is 27.7 Å². The molecule has 7 heteroatoms. The standard InChI is InChI=1S/C17H14BrN3O2S/c1-10(15(22)19-12-8-6-11(18)7-9-12)24-17-20-14-5-3-2-4-13(14)16(23)21-17/h2-10H,1H3,(H,19,22)(H,20,21,23). The fraction of sp³-hybridized carbons (Fsp3) is 0.118. The van der Waals surface area contributed by atoms with Crippen molar-refractivity contribution in [1.29, 1.82) is 0 Å². The summed E-state index contributed by atoms with van der Waals surface area (Å²) < 4.78 is 0.945. The van der Waals surface area contributed by atoms with Gasteiger partial charge in [0.15, 0.2) is 5.16 Å². The minimum absolute atomic E-state index is 0.155. The summed E-state index contributed by atoms with van der Waals surface area (Å²) in [7, 11) is 0. The molecule has 0 aliphatic carbocycles. The quantitative estimate of drug-likeness (QED) is 0.512. The lowest BCUT2D eigenvalue weighted by Crippen LogP contribution is -2.23. The molecule has 1 unspecified atom stereocenters. The van der Waals surface area contributed by atoms with Crippen LogP contribution in [0.25, 0.3) is 10.9 Å². The summed E-state index contributed by atoms with van der Waals surface area (Å²) in [6.45, 7) is 1.77. The first-order valence-corrected chi connectivity index (χ1v) is 8.92. The number of aromatic amines is 1. The molecule has 2 N–H and O–H groups in total. The molecule has 0 aliphatic heterocycles. The minimum Gasteiger partial charge on any atom is -0.325 e. The summed E-state index contributed by atoms with van der Waals surface area (Å²) in [6, 6.07) is 14.5. The first-order chi connectivity index (χ1) is 11.5. The van der Waals surface area contributed by atoms with E-state index >= 15 is 0 Å². The van der Waals surface area contributed by atoms with E-state index in [1.54, 1.807) is 25.1 Å². The van der Waals surface area contributed by atoms with Crippen molar-refractivity contribution in [2.75, 3.05) is 5.32 Å². The Balaban J connectivity index is 1.74. The van der Waals surface area contributed by atoms with Crippen LogP contribution in [0, 0.1) is 0 Å². The predicted molar refractivity (Wildman–Crippen MR) is 100 cm³/mol. The third kappa shape index (κ3) is 3.85. The summed E-state index contributed by atoms with van der Waals surface area (Å²) in [5.41, 5.74) is 1.13. The number of fused-ring (bicyclic) bond motifs is 1. The van der Waals surface area contributed by atoms with Gasteiger partial charge in [-0.15, -0.1) is 0 Å². The highest BCUT2D eigenvalue weighted by molar-refractivity contribution is 9.10. The Bertz CT molecular complexity index is 940. The zero-order valence-corrected chi connectivity index (χ0v) is 15.1. The maximum Gasteiger partial charge on any atom is 0.259 e. The summed E-state index contributed by atoms with van der Waals surface area (Å²) in [6.07, 6.45) is 0. The molecular formula is C17H14BrN3O2S. The van der Waals surface area contributed by atoms with Crippen LogP contribution in [0.15, 0.2) is 63.0 Å². The number of carbonyl (C=O) groups is 1. The molecule has 2 aromatic carbocycles. The van der Waals surface area contributed by atoms with Gasteiger partial charge in [0.05, 0.1) is 16.2 Å². The summed E-state index contributed by atoms with van der Waals surface area (Å²) >= 11 is 4.57. The number of halogens is 1. The maximum atomic E-state index is 12.3. The molecule has 0 radical (unpaired) electrons. The number of rotatable bonds is 4. The van der Waals surface area contributed by atoms with E-state index in [1.807, 2.05) is 30.3 Å². The van der Waals surface area contributed by atoms with E-state index in [2.05, 4.69) is 31.2 Å². The van der Waals surface area contributed by atoms with Crippen LogP contribution in [0.4, 0.5) is 5.69 Å². The Morgan fingerprint density at radius 1 is 1.21 bits per heavy atom. The third-order valence-corrected chi connectivity index (χ3v) is 4.87. The number of hydrogen-bond donors (Lipinski definition) is 2. The van der Waals surface area contributed by atoms with E-state index in [0.717, 1.165) is 10.2 Å². The molecule has 1 atom stereocenters. The van der Waals surface area contributed by atoms with Crippen molar-refractivity contribution in [3.63, 3.8) is 0 Å². The lowest BCUT2D eigenvalue weighted by Gasteiger charge is -2.11. The molecule has 0 spiro atoms. The number of thioether (sulfide) groups is 1. The van der Waals surface area contributed by atoms with Crippen LogP contribution in [0.3, 0.4) is 0 Å². The van der Waals surface area contributed by atoms with Crippen LogP contribution in [0.1, 0.15) is 6.92 Å². The molecule has 3 rings (SSSR count). The van der Waals surface area contributed by atoms with Crippen LogP contribution < -0.4 is 10.9 Å². The zero-order chi connectivity index (χ0) is 17.1. The average molecular weight is 404 g/mol. The molecule has 0 aliphatic rings. The van der Waals surface area contributed by atoms with Crippen molar-refractivity contribution >= 4 is 50.2 Å². The van der Waals surface area contributed by atoms with Crippen molar-refractivity contribution in [2.24, 2.45) is 0 Å². The molecule has 0 saturated heterocycles. The van der Waals surface area contributed by atoms with Crippen molar-refractivity contribution in [2.45, 2.75) is 17.3 Å². The number of nitrogens with zero attached hydrogens (tertiary/aromatic N) is 1. The van der Waals surface area contributed by atoms with Gasteiger partial charge in [-0.05, 0) is 43.3 Å². The Hall–Kier alpha value is -2.12. The van der Waals surface area contributed by atoms with E-state index < -0.39 is 5.25 Å². The highest BCUT2D eigenvalue weighted by Crippen LogP contribution is 2.22. The molecular weight excluding hydrogens is 390 g/mol. The van der Waals surface area contributed by atoms with E-state index in [1.165, 1.54) is 11.8 Å². The Kier molecular flexibility index (Phi) is 5.01. The second kappa shape index (κ2) is 7.19. The number of carbonyl (C=O) groups excluding carboxylic acids is 1. The number of nitrogens with one attached hydrogen (secondary N) is 2. The van der Waals surface area contributed by atoms with Crippen molar-refractivity contribution < 1.29 is 4.79 Å². The number of para-hydroxylation sites is 1. The second-order valence-corrected chi connectivity index (χ2v) is 7.39. The molecule has 3 aromatic rings. The number of hydrogen-bond acceptors (Lipinski definition) is 4. The average Bonchev–Trinajstić information content (AvgIpc) is 2.57. The highest BCUT2D eigenvalue weighted by atomic mass is 79.9. The Labute approximate surface area is 151 Å². The lowest BCUT2D eigenvalue weighted by atomic mass is 10.2. The van der Waals surface area contributed by atoms with Crippen molar-refractivity contribution in [3.05, 3.63) is 63.4 Å². The zero-order valence-electron chi connectivity index (χ0n) is 12.7. The second-order valence-electron chi connectivity index (χ2n) is 5.14. The van der Waals surface area contributed by atoms with E-state index in [0.29, 0.717) is 16.1 Å². The molecule has 24 heavy (non-hydrogen) atoms. The van der Waals surface area contributed by atoms with E-state index in [9.17, 15) is 9.59 Å². The Morgan fingerprint density at radius 2 is 1.92 bits per heavy atom. The maximum absolute atomic E-state index is 12.3. The molecule has 5 nitrogen and oxygen atoms in total. The van der Waals surface area contributed by atoms with Gasteiger partial charge in [0, 0.05) is 10.2 Å². The number of aromatic nitrogens is 2. The number of amides is 1. The van der Waals surface area contributed by atoms with E-state index in [4.69, 9.17) is 0 Å². The van der Waals surface area contributed by atoms with Gasteiger partial charge in [-0.3, -0.25) is 9.59 Å². The minimum atomic E-state index is -0.405. The largest absolute Gasteiger partial charge is 0.325 e. The molecule has 122 valence electrons. The fourth-order valence-electron chi connectivity index (χ4n) is 2.12. The first-order valence-electron chi connectivity index (χ1n) is 7.25. The van der Waals surface area contributed by atoms with Crippen molar-refractivity contribution in [1.82, 2.24) is 9.97 Å². The van der Waals surface area contributed by atoms with Gasteiger partial charge in [-0.1, -0.05) is 39.8 Å². The normalized spacial score (nSPS) is 12.1. The number of anilines is 1. The summed E-state index contributed by atoms with van der Waals surface area (Å²) in [5.74, 6) is -0.155.